The Bertz CT molecular complexity index is 909. The van der Waals surface area contributed by atoms with E-state index in [1.165, 1.54) is 22.8 Å². The Morgan fingerprint density at radius 3 is 2.08 bits per heavy atom. The molecule has 3 rings (SSSR count). The van der Waals surface area contributed by atoms with E-state index in [1.54, 1.807) is 6.07 Å². The summed E-state index contributed by atoms with van der Waals surface area (Å²) in [5, 5.41) is 0. The molecule has 0 atom stereocenters. The first-order valence-corrected chi connectivity index (χ1v) is 9.28. The van der Waals surface area contributed by atoms with Crippen molar-refractivity contribution in [1.29, 1.82) is 0 Å². The van der Waals surface area contributed by atoms with Crippen molar-refractivity contribution in [1.82, 2.24) is 4.68 Å². The van der Waals surface area contributed by atoms with E-state index in [9.17, 15) is 4.39 Å². The second-order valence-electron chi connectivity index (χ2n) is 7.64. The third-order valence-electron chi connectivity index (χ3n) is 5.01. The Labute approximate surface area is 155 Å². The molecule has 0 saturated carbocycles. The van der Waals surface area contributed by atoms with E-state index in [0.717, 1.165) is 16.9 Å². The summed E-state index contributed by atoms with van der Waals surface area (Å²) in [7, 11) is 2.03. The molecule has 0 spiro atoms. The fourth-order valence-corrected chi connectivity index (χ4v) is 3.68. The maximum absolute atomic E-state index is 13.6. The van der Waals surface area contributed by atoms with Gasteiger partial charge in [0.25, 0.3) is 0 Å². The Morgan fingerprint density at radius 1 is 0.923 bits per heavy atom. The first kappa shape index (κ1) is 18.4. The van der Waals surface area contributed by atoms with Gasteiger partial charge in [-0.05, 0) is 53.6 Å². The van der Waals surface area contributed by atoms with Crippen molar-refractivity contribution in [2.45, 2.75) is 46.5 Å². The highest BCUT2D eigenvalue weighted by molar-refractivity contribution is 5.71. The normalized spacial score (nSPS) is 11.6. The van der Waals surface area contributed by atoms with Crippen LogP contribution in [0.2, 0.25) is 0 Å². The molecule has 0 aliphatic carbocycles. The minimum Gasteiger partial charge on any atom is -0.207 e. The molecule has 26 heavy (non-hydrogen) atoms. The minimum atomic E-state index is -0.201. The number of halogens is 1. The first-order chi connectivity index (χ1) is 12.3. The van der Waals surface area contributed by atoms with E-state index in [0.29, 0.717) is 11.8 Å². The average molecular weight is 351 g/mol. The van der Waals surface area contributed by atoms with Crippen molar-refractivity contribution >= 4 is 0 Å². The number of nitrogens with zero attached hydrogens (tertiary/aromatic N) is 2. The summed E-state index contributed by atoms with van der Waals surface area (Å²) in [6.45, 7) is 10.9. The van der Waals surface area contributed by atoms with Crippen LogP contribution in [0.1, 0.15) is 56.2 Å². The molecular weight excluding hydrogens is 323 g/mol. The molecule has 0 amide bonds. The first-order valence-electron chi connectivity index (χ1n) is 9.28. The number of benzene rings is 2. The van der Waals surface area contributed by atoms with Gasteiger partial charge in [-0.1, -0.05) is 45.9 Å². The monoisotopic (exact) mass is 351 g/mol. The average Bonchev–Trinajstić information content (AvgIpc) is 2.95. The predicted molar refractivity (Wildman–Crippen MR) is 105 cm³/mol. The molecule has 2 nitrogen and oxygen atoms in total. The highest BCUT2D eigenvalue weighted by Gasteiger charge is 2.23. The Kier molecular flexibility index (Phi) is 4.99. The lowest BCUT2D eigenvalue weighted by atomic mass is 9.87. The van der Waals surface area contributed by atoms with Gasteiger partial charge in [-0.25, -0.2) is 4.39 Å². The Balaban J connectivity index is 2.34. The third kappa shape index (κ3) is 3.18. The summed E-state index contributed by atoms with van der Waals surface area (Å²) in [6.07, 6.45) is 2.07. The predicted octanol–water partition coefficient (Wildman–Crippen LogP) is 5.66. The van der Waals surface area contributed by atoms with Gasteiger partial charge in [-0.3, -0.25) is 0 Å². The van der Waals surface area contributed by atoms with Crippen molar-refractivity contribution in [3.63, 3.8) is 0 Å². The van der Waals surface area contributed by atoms with Crippen molar-refractivity contribution in [3.05, 3.63) is 71.2 Å². The van der Waals surface area contributed by atoms with E-state index >= 15 is 0 Å². The van der Waals surface area contributed by atoms with Crippen LogP contribution in [0.3, 0.4) is 0 Å². The van der Waals surface area contributed by atoms with Crippen molar-refractivity contribution in [2.24, 2.45) is 7.05 Å². The molecule has 0 aliphatic rings. The summed E-state index contributed by atoms with van der Waals surface area (Å²) in [5.74, 6) is 0.645. The maximum atomic E-state index is 13.6. The number of rotatable bonds is 4. The molecule has 3 heteroatoms. The van der Waals surface area contributed by atoms with Crippen molar-refractivity contribution < 1.29 is 9.07 Å². The van der Waals surface area contributed by atoms with Crippen molar-refractivity contribution in [3.8, 4) is 16.9 Å². The fourth-order valence-electron chi connectivity index (χ4n) is 3.68. The molecule has 3 aromatic rings. The smallest absolute Gasteiger partial charge is 0.196 e. The summed E-state index contributed by atoms with van der Waals surface area (Å²) < 4.78 is 17.9. The van der Waals surface area contributed by atoms with E-state index in [4.69, 9.17) is 0 Å². The highest BCUT2D eigenvalue weighted by atomic mass is 19.1. The molecule has 0 bridgehead atoms. The van der Waals surface area contributed by atoms with Gasteiger partial charge in [0.1, 0.15) is 17.2 Å². The van der Waals surface area contributed by atoms with Gasteiger partial charge >= 0.3 is 0 Å². The van der Waals surface area contributed by atoms with Crippen LogP contribution in [0.4, 0.5) is 4.39 Å². The van der Waals surface area contributed by atoms with E-state index in [-0.39, 0.29) is 5.82 Å². The van der Waals surface area contributed by atoms with Gasteiger partial charge in [-0.2, -0.15) is 0 Å². The van der Waals surface area contributed by atoms with E-state index < -0.39 is 0 Å². The van der Waals surface area contributed by atoms with Crippen molar-refractivity contribution in [2.75, 3.05) is 0 Å². The number of hydrogen-bond donors (Lipinski definition) is 0. The van der Waals surface area contributed by atoms with Gasteiger partial charge < -0.3 is 0 Å². The van der Waals surface area contributed by atoms with Gasteiger partial charge in [0.15, 0.2) is 13.2 Å². The SMILES string of the molecule is Cc1cc(F)ccc1-n1c(-c2c(C(C)C)cccc2C(C)C)cc[n+]1C. The van der Waals surface area contributed by atoms with Crippen LogP contribution in [0, 0.1) is 12.7 Å². The highest BCUT2D eigenvalue weighted by Crippen LogP contribution is 2.36. The van der Waals surface area contributed by atoms with Crippen LogP contribution in [-0.2, 0) is 7.05 Å². The summed E-state index contributed by atoms with van der Waals surface area (Å²) in [4.78, 5) is 0. The van der Waals surface area contributed by atoms with Crippen LogP contribution >= 0.6 is 0 Å². The van der Waals surface area contributed by atoms with E-state index in [2.05, 4.69) is 67.5 Å². The molecule has 0 radical (unpaired) electrons. The molecule has 2 aromatic carbocycles. The Hall–Kier alpha value is -2.42. The van der Waals surface area contributed by atoms with Gasteiger partial charge in [0, 0.05) is 11.6 Å². The summed E-state index contributed by atoms with van der Waals surface area (Å²) in [6, 6.07) is 13.8. The topological polar surface area (TPSA) is 8.81 Å². The van der Waals surface area contributed by atoms with Crippen LogP contribution in [0.15, 0.2) is 48.7 Å². The van der Waals surface area contributed by atoms with Gasteiger partial charge in [0.2, 0.25) is 0 Å². The quantitative estimate of drug-likeness (QED) is 0.536. The Morgan fingerprint density at radius 2 is 1.54 bits per heavy atom. The zero-order valence-corrected chi connectivity index (χ0v) is 16.5. The molecule has 0 saturated heterocycles. The molecule has 0 unspecified atom stereocenters. The molecular formula is C23H28FN2+. The standard InChI is InChI=1S/C23H28FN2/c1-15(2)19-8-7-9-20(16(3)4)23(19)22-12-13-25(6)26(22)21-11-10-18(24)14-17(21)5/h7-16H,1-6H3/q+1. The number of hydrogen-bond acceptors (Lipinski definition) is 0. The summed E-state index contributed by atoms with van der Waals surface area (Å²) >= 11 is 0. The van der Waals surface area contributed by atoms with Crippen LogP contribution in [0.5, 0.6) is 0 Å². The molecule has 0 N–H and O–H groups in total. The lowest BCUT2D eigenvalue weighted by Crippen LogP contribution is -2.38. The van der Waals surface area contributed by atoms with Crippen LogP contribution in [0.25, 0.3) is 16.9 Å². The molecule has 1 aromatic heterocycles. The molecule has 0 aliphatic heterocycles. The largest absolute Gasteiger partial charge is 0.207 e. The third-order valence-corrected chi connectivity index (χ3v) is 5.01. The molecule has 136 valence electrons. The lowest BCUT2D eigenvalue weighted by Gasteiger charge is -2.20. The second kappa shape index (κ2) is 7.06. The molecule has 1 heterocycles. The molecule has 0 fully saturated rings. The minimum absolute atomic E-state index is 0.201. The summed E-state index contributed by atoms with van der Waals surface area (Å²) in [5.41, 5.74) is 7.05. The van der Waals surface area contributed by atoms with Crippen LogP contribution in [-0.4, -0.2) is 4.68 Å². The maximum Gasteiger partial charge on any atom is 0.196 e. The number of aromatic nitrogens is 2. The lowest BCUT2D eigenvalue weighted by molar-refractivity contribution is -0.743. The zero-order valence-electron chi connectivity index (χ0n) is 16.5. The fraction of sp³-hybridized carbons (Fsp3) is 0.348. The van der Waals surface area contributed by atoms with Crippen LogP contribution < -0.4 is 4.68 Å². The van der Waals surface area contributed by atoms with E-state index in [1.807, 2.05) is 20.0 Å². The van der Waals surface area contributed by atoms with Gasteiger partial charge in [0.05, 0.1) is 0 Å². The zero-order chi connectivity index (χ0) is 19.0. The number of aryl methyl sites for hydroxylation is 2. The second-order valence-corrected chi connectivity index (χ2v) is 7.64. The van der Waals surface area contributed by atoms with Gasteiger partial charge in [-0.15, -0.1) is 9.36 Å².